The Bertz CT molecular complexity index is 508. The Morgan fingerprint density at radius 3 is 2.81 bits per heavy atom. The largest absolute Gasteiger partial charge is 0.573 e. The molecule has 2 atom stereocenters. The van der Waals surface area contributed by atoms with E-state index in [0.29, 0.717) is 6.61 Å². The van der Waals surface area contributed by atoms with Crippen LogP contribution in [-0.4, -0.2) is 38.6 Å². The molecule has 0 radical (unpaired) electrons. The van der Waals surface area contributed by atoms with E-state index < -0.39 is 6.36 Å². The monoisotopic (exact) mass is 304 g/mol. The van der Waals surface area contributed by atoms with Gasteiger partial charge in [-0.1, -0.05) is 6.07 Å². The molecule has 8 heteroatoms. The van der Waals surface area contributed by atoms with Gasteiger partial charge >= 0.3 is 6.36 Å². The summed E-state index contributed by atoms with van der Waals surface area (Å²) in [5.74, 6) is -1.08. The molecule has 21 heavy (non-hydrogen) atoms. The van der Waals surface area contributed by atoms with Gasteiger partial charge in [-0.2, -0.15) is 0 Å². The normalized spacial score (nSPS) is 22.1. The number of likely N-dealkylation sites (N-methyl/N-ethyl adjacent to an activating group) is 1. The van der Waals surface area contributed by atoms with Gasteiger partial charge in [0.05, 0.1) is 19.1 Å². The summed E-state index contributed by atoms with van der Waals surface area (Å²) in [7, 11) is 1.72. The molecule has 2 N–H and O–H groups in total. The van der Waals surface area contributed by atoms with E-state index >= 15 is 0 Å². The molecule has 1 fully saturated rings. The van der Waals surface area contributed by atoms with Gasteiger partial charge in [0.25, 0.3) is 0 Å². The molecule has 1 amide bonds. The lowest BCUT2D eigenvalue weighted by Gasteiger charge is -2.17. The zero-order chi connectivity index (χ0) is 15.5. The van der Waals surface area contributed by atoms with Gasteiger partial charge in [0, 0.05) is 17.8 Å². The Kier molecular flexibility index (Phi) is 4.69. The molecule has 116 valence electrons. The van der Waals surface area contributed by atoms with E-state index in [-0.39, 0.29) is 35.9 Å². The molecule has 2 unspecified atom stereocenters. The number of ether oxygens (including phenoxy) is 2. The van der Waals surface area contributed by atoms with Crippen LogP contribution in [0.5, 0.6) is 5.75 Å². The molecule has 0 aliphatic carbocycles. The SMILES string of the molecule is CNC1COCC1C(=O)Nc1cccc(OC(F)(F)F)c1. The van der Waals surface area contributed by atoms with Crippen molar-refractivity contribution in [1.82, 2.24) is 5.32 Å². The second-order valence-corrected chi connectivity index (χ2v) is 4.60. The Morgan fingerprint density at radius 2 is 2.14 bits per heavy atom. The minimum Gasteiger partial charge on any atom is -0.406 e. The number of alkyl halides is 3. The van der Waals surface area contributed by atoms with Crippen LogP contribution >= 0.6 is 0 Å². The van der Waals surface area contributed by atoms with Gasteiger partial charge in [-0.25, -0.2) is 0 Å². The van der Waals surface area contributed by atoms with Crippen LogP contribution in [-0.2, 0) is 9.53 Å². The highest BCUT2D eigenvalue weighted by Crippen LogP contribution is 2.25. The van der Waals surface area contributed by atoms with Gasteiger partial charge < -0.3 is 20.1 Å². The first-order valence-electron chi connectivity index (χ1n) is 6.31. The van der Waals surface area contributed by atoms with Gasteiger partial charge in [-0.15, -0.1) is 13.2 Å². The van der Waals surface area contributed by atoms with E-state index in [2.05, 4.69) is 15.4 Å². The van der Waals surface area contributed by atoms with E-state index in [1.165, 1.54) is 12.1 Å². The number of hydrogen-bond donors (Lipinski definition) is 2. The highest BCUT2D eigenvalue weighted by Gasteiger charge is 2.33. The Hall–Kier alpha value is -1.80. The van der Waals surface area contributed by atoms with Crippen molar-refractivity contribution in [2.75, 3.05) is 25.6 Å². The van der Waals surface area contributed by atoms with Crippen molar-refractivity contribution < 1.29 is 27.4 Å². The minimum atomic E-state index is -4.76. The fourth-order valence-electron chi connectivity index (χ4n) is 2.10. The average Bonchev–Trinajstić information content (AvgIpc) is 2.85. The van der Waals surface area contributed by atoms with E-state index in [0.717, 1.165) is 12.1 Å². The zero-order valence-electron chi connectivity index (χ0n) is 11.2. The molecule has 5 nitrogen and oxygen atoms in total. The minimum absolute atomic E-state index is 0.111. The van der Waals surface area contributed by atoms with Crippen molar-refractivity contribution in [3.63, 3.8) is 0 Å². The zero-order valence-corrected chi connectivity index (χ0v) is 11.2. The van der Waals surface area contributed by atoms with E-state index in [9.17, 15) is 18.0 Å². The third-order valence-corrected chi connectivity index (χ3v) is 3.12. The van der Waals surface area contributed by atoms with Crippen molar-refractivity contribution >= 4 is 11.6 Å². The highest BCUT2D eigenvalue weighted by atomic mass is 19.4. The number of anilines is 1. The van der Waals surface area contributed by atoms with Crippen LogP contribution in [0.15, 0.2) is 24.3 Å². The van der Waals surface area contributed by atoms with Crippen LogP contribution in [0.2, 0.25) is 0 Å². The number of nitrogens with one attached hydrogen (secondary N) is 2. The van der Waals surface area contributed by atoms with Crippen LogP contribution in [0.25, 0.3) is 0 Å². The van der Waals surface area contributed by atoms with Gasteiger partial charge in [0.2, 0.25) is 5.91 Å². The summed E-state index contributed by atoms with van der Waals surface area (Å²) in [6, 6.07) is 5.04. The Morgan fingerprint density at radius 1 is 1.38 bits per heavy atom. The summed E-state index contributed by atoms with van der Waals surface area (Å²) >= 11 is 0. The molecule has 0 bridgehead atoms. The standard InChI is InChI=1S/C13H15F3N2O3/c1-17-11-7-20-6-10(11)12(19)18-8-3-2-4-9(5-8)21-13(14,15)16/h2-5,10-11,17H,6-7H2,1H3,(H,18,19). The van der Waals surface area contributed by atoms with Crippen molar-refractivity contribution in [2.45, 2.75) is 12.4 Å². The fraction of sp³-hybridized carbons (Fsp3) is 0.462. The van der Waals surface area contributed by atoms with E-state index in [4.69, 9.17) is 4.74 Å². The molecule has 1 aliphatic heterocycles. The number of benzene rings is 1. The summed E-state index contributed by atoms with van der Waals surface area (Å²) < 4.78 is 45.4. The molecular weight excluding hydrogens is 289 g/mol. The quantitative estimate of drug-likeness (QED) is 0.890. The number of amides is 1. The summed E-state index contributed by atoms with van der Waals surface area (Å²) in [5, 5.41) is 5.53. The summed E-state index contributed by atoms with van der Waals surface area (Å²) in [6.45, 7) is 0.696. The first kappa shape index (κ1) is 15.6. The van der Waals surface area contributed by atoms with Gasteiger partial charge in [-0.3, -0.25) is 4.79 Å². The van der Waals surface area contributed by atoms with Crippen molar-refractivity contribution in [3.8, 4) is 5.75 Å². The number of carbonyl (C=O) groups is 1. The highest BCUT2D eigenvalue weighted by molar-refractivity contribution is 5.93. The first-order chi connectivity index (χ1) is 9.89. The van der Waals surface area contributed by atoms with Crippen molar-refractivity contribution in [1.29, 1.82) is 0 Å². The van der Waals surface area contributed by atoms with Crippen LogP contribution in [0, 0.1) is 5.92 Å². The van der Waals surface area contributed by atoms with Gasteiger partial charge in [0.15, 0.2) is 0 Å². The smallest absolute Gasteiger partial charge is 0.406 e. The Balaban J connectivity index is 2.02. The van der Waals surface area contributed by atoms with Crippen LogP contribution < -0.4 is 15.4 Å². The molecule has 1 aromatic rings. The van der Waals surface area contributed by atoms with Crippen LogP contribution in [0.3, 0.4) is 0 Å². The van der Waals surface area contributed by atoms with Crippen molar-refractivity contribution in [3.05, 3.63) is 24.3 Å². The maximum atomic E-state index is 12.1. The second-order valence-electron chi connectivity index (χ2n) is 4.60. The number of rotatable bonds is 4. The third kappa shape index (κ3) is 4.33. The average molecular weight is 304 g/mol. The molecular formula is C13H15F3N2O3. The summed E-state index contributed by atoms with van der Waals surface area (Å²) in [6.07, 6.45) is -4.76. The lowest BCUT2D eigenvalue weighted by atomic mass is 10.0. The lowest BCUT2D eigenvalue weighted by molar-refractivity contribution is -0.274. The summed E-state index contributed by atoms with van der Waals surface area (Å²) in [5.41, 5.74) is 0.239. The van der Waals surface area contributed by atoms with Gasteiger partial charge in [0.1, 0.15) is 5.75 Å². The Labute approximate surface area is 119 Å². The maximum absolute atomic E-state index is 12.1. The topological polar surface area (TPSA) is 59.6 Å². The van der Waals surface area contributed by atoms with Crippen LogP contribution in [0.4, 0.5) is 18.9 Å². The predicted molar refractivity (Wildman–Crippen MR) is 68.9 cm³/mol. The molecule has 0 aromatic heterocycles. The molecule has 0 spiro atoms. The molecule has 1 heterocycles. The predicted octanol–water partition coefficient (Wildman–Crippen LogP) is 1.76. The second kappa shape index (κ2) is 6.31. The van der Waals surface area contributed by atoms with Crippen LogP contribution in [0.1, 0.15) is 0 Å². The maximum Gasteiger partial charge on any atom is 0.573 e. The molecule has 1 aromatic carbocycles. The molecule has 1 saturated heterocycles. The van der Waals surface area contributed by atoms with Gasteiger partial charge in [-0.05, 0) is 19.2 Å². The lowest BCUT2D eigenvalue weighted by Crippen LogP contribution is -2.39. The molecule has 1 aliphatic rings. The number of hydrogen-bond acceptors (Lipinski definition) is 4. The number of carbonyl (C=O) groups excluding carboxylic acids is 1. The first-order valence-corrected chi connectivity index (χ1v) is 6.31. The van der Waals surface area contributed by atoms with E-state index in [1.54, 1.807) is 7.05 Å². The molecule has 2 rings (SSSR count). The summed E-state index contributed by atoms with van der Waals surface area (Å²) in [4.78, 5) is 12.1. The molecule has 0 saturated carbocycles. The number of halogens is 3. The van der Waals surface area contributed by atoms with Crippen molar-refractivity contribution in [2.24, 2.45) is 5.92 Å². The van der Waals surface area contributed by atoms with E-state index in [1.807, 2.05) is 0 Å². The third-order valence-electron chi connectivity index (χ3n) is 3.12. The fourth-order valence-corrected chi connectivity index (χ4v) is 2.10.